The molecule has 0 aromatic heterocycles. The summed E-state index contributed by atoms with van der Waals surface area (Å²) in [5.41, 5.74) is 2.46. The molecule has 0 radical (unpaired) electrons. The molecule has 1 N–H and O–H groups in total. The maximum atomic E-state index is 9.61. The van der Waals surface area contributed by atoms with Crippen molar-refractivity contribution in [2.75, 3.05) is 13.2 Å². The largest absolute Gasteiger partial charge is 0.407 e. The first kappa shape index (κ1) is 20.8. The average molecular weight is 369 g/mol. The first-order valence-corrected chi connectivity index (χ1v) is 12.2. The average Bonchev–Trinajstić information content (AvgIpc) is 2.80. The Balaban J connectivity index is 2.30. The highest BCUT2D eigenvalue weighted by molar-refractivity contribution is 6.74. The number of hydrogen-bond acceptors (Lipinski definition) is 4. The van der Waals surface area contributed by atoms with Crippen LogP contribution in [0.1, 0.15) is 48.0 Å². The molecule has 2 rings (SSSR count). The van der Waals surface area contributed by atoms with Gasteiger partial charge in [-0.1, -0.05) is 38.5 Å². The van der Waals surface area contributed by atoms with E-state index < -0.39 is 14.1 Å². The lowest BCUT2D eigenvalue weighted by Gasteiger charge is -2.42. The zero-order valence-corrected chi connectivity index (χ0v) is 18.2. The van der Waals surface area contributed by atoms with E-state index in [2.05, 4.69) is 46.9 Å². The molecule has 0 saturated carbocycles. The lowest BCUT2D eigenvalue weighted by atomic mass is 9.79. The van der Waals surface area contributed by atoms with Crippen LogP contribution in [0.25, 0.3) is 0 Å². The lowest BCUT2D eigenvalue weighted by molar-refractivity contribution is -0.143. The monoisotopic (exact) mass is 368 g/mol. The Kier molecular flexibility index (Phi) is 6.07. The molecule has 4 nitrogen and oxygen atoms in total. The number of hydrogen-bond donors (Lipinski definition) is 1. The predicted molar refractivity (Wildman–Crippen MR) is 104 cm³/mol. The van der Waals surface area contributed by atoms with Crippen LogP contribution in [-0.2, 0) is 13.9 Å². The highest BCUT2D eigenvalue weighted by atomic mass is 28.4. The second-order valence-electron chi connectivity index (χ2n) is 9.38. The van der Waals surface area contributed by atoms with E-state index in [1.807, 2.05) is 19.9 Å². The fourth-order valence-corrected chi connectivity index (χ4v) is 4.52. The van der Waals surface area contributed by atoms with Crippen molar-refractivity contribution in [1.29, 1.82) is 0 Å². The molecule has 5 heteroatoms. The minimum atomic E-state index is -1.93. The molecule has 25 heavy (non-hydrogen) atoms. The van der Waals surface area contributed by atoms with Gasteiger partial charge in [0.05, 0.1) is 25.4 Å². The van der Waals surface area contributed by atoms with Crippen LogP contribution >= 0.6 is 0 Å². The van der Waals surface area contributed by atoms with Crippen molar-refractivity contribution in [2.45, 2.75) is 84.1 Å². The van der Waals surface area contributed by atoms with Gasteiger partial charge >= 0.3 is 0 Å². The molecule has 2 aliphatic rings. The summed E-state index contributed by atoms with van der Waals surface area (Å²) in [7, 11) is -1.93. The quantitative estimate of drug-likeness (QED) is 0.590. The van der Waals surface area contributed by atoms with Crippen LogP contribution in [0.2, 0.25) is 18.1 Å². The minimum Gasteiger partial charge on any atom is -0.407 e. The van der Waals surface area contributed by atoms with Gasteiger partial charge in [-0.05, 0) is 50.9 Å². The summed E-state index contributed by atoms with van der Waals surface area (Å²) in [6, 6.07) is 0. The normalized spacial score (nSPS) is 32.1. The lowest BCUT2D eigenvalue weighted by Crippen LogP contribution is -2.46. The number of ether oxygens (including phenoxy) is 2. The van der Waals surface area contributed by atoms with Crippen LogP contribution in [0.15, 0.2) is 23.3 Å². The van der Waals surface area contributed by atoms with Gasteiger partial charge in [0.1, 0.15) is 0 Å². The molecular formula is C20H36O4Si. The summed E-state index contributed by atoms with van der Waals surface area (Å²) in [5.74, 6) is -0.353. The molecule has 1 heterocycles. The molecule has 0 spiro atoms. The van der Waals surface area contributed by atoms with E-state index in [-0.39, 0.29) is 29.8 Å². The zero-order chi connectivity index (χ0) is 19.0. The van der Waals surface area contributed by atoms with Crippen LogP contribution in [-0.4, -0.2) is 44.6 Å². The van der Waals surface area contributed by atoms with E-state index >= 15 is 0 Å². The zero-order valence-electron chi connectivity index (χ0n) is 17.2. The van der Waals surface area contributed by atoms with Gasteiger partial charge in [0.25, 0.3) is 0 Å². The molecule has 0 aromatic rings. The summed E-state index contributed by atoms with van der Waals surface area (Å²) >= 11 is 0. The second kappa shape index (κ2) is 7.28. The van der Waals surface area contributed by atoms with E-state index in [0.29, 0.717) is 6.61 Å². The van der Waals surface area contributed by atoms with Crippen molar-refractivity contribution >= 4 is 8.32 Å². The van der Waals surface area contributed by atoms with E-state index in [0.717, 1.165) is 12.0 Å². The fourth-order valence-electron chi connectivity index (χ4n) is 3.33. The molecule has 0 amide bonds. The first-order valence-electron chi connectivity index (χ1n) is 9.34. The van der Waals surface area contributed by atoms with E-state index in [1.54, 1.807) is 0 Å². The molecule has 0 unspecified atom stereocenters. The Morgan fingerprint density at radius 1 is 1.36 bits per heavy atom. The molecule has 3 atom stereocenters. The molecule has 1 fully saturated rings. The van der Waals surface area contributed by atoms with Crippen LogP contribution in [0.4, 0.5) is 0 Å². The summed E-state index contributed by atoms with van der Waals surface area (Å²) in [6.07, 6.45) is 4.98. The standard InChI is InChI=1S/C20H36O4Si/c1-14-11-16(18-13-22-20(5,6)23-18)15(9-10-21)17(12-14)24-25(7,8)19(2,3)4/h9,12,16-18,21H,10-11,13H2,1-8H3/b15-9+/t16-,17-,18+/m0/s1. The third-order valence-electron chi connectivity index (χ3n) is 5.77. The van der Waals surface area contributed by atoms with Crippen LogP contribution in [0, 0.1) is 5.92 Å². The van der Waals surface area contributed by atoms with Crippen LogP contribution in [0.3, 0.4) is 0 Å². The highest BCUT2D eigenvalue weighted by Gasteiger charge is 2.44. The summed E-state index contributed by atoms with van der Waals surface area (Å²) in [4.78, 5) is 0. The van der Waals surface area contributed by atoms with Gasteiger partial charge in [0.2, 0.25) is 0 Å². The van der Waals surface area contributed by atoms with Gasteiger partial charge in [-0.3, -0.25) is 0 Å². The van der Waals surface area contributed by atoms with Crippen molar-refractivity contribution in [3.05, 3.63) is 23.3 Å². The number of allylic oxidation sites excluding steroid dienone is 1. The maximum Gasteiger partial charge on any atom is 0.193 e. The highest BCUT2D eigenvalue weighted by Crippen LogP contribution is 2.43. The summed E-state index contributed by atoms with van der Waals surface area (Å²) < 4.78 is 18.6. The van der Waals surface area contributed by atoms with E-state index in [1.165, 1.54) is 5.57 Å². The molecule has 1 aliphatic heterocycles. The van der Waals surface area contributed by atoms with Crippen molar-refractivity contribution < 1.29 is 19.0 Å². The van der Waals surface area contributed by atoms with Crippen molar-refractivity contribution in [3.8, 4) is 0 Å². The maximum absolute atomic E-state index is 9.61. The predicted octanol–water partition coefficient (Wildman–Crippen LogP) is 4.41. The van der Waals surface area contributed by atoms with Crippen molar-refractivity contribution in [3.63, 3.8) is 0 Å². The van der Waals surface area contributed by atoms with Gasteiger partial charge in [-0.25, -0.2) is 0 Å². The Bertz CT molecular complexity index is 542. The summed E-state index contributed by atoms with van der Waals surface area (Å²) in [5, 5.41) is 9.75. The van der Waals surface area contributed by atoms with Crippen molar-refractivity contribution in [2.24, 2.45) is 5.92 Å². The number of rotatable bonds is 4. The van der Waals surface area contributed by atoms with Gasteiger partial charge in [-0.15, -0.1) is 0 Å². The second-order valence-corrected chi connectivity index (χ2v) is 14.1. The Morgan fingerprint density at radius 3 is 2.48 bits per heavy atom. The molecule has 1 saturated heterocycles. The van der Waals surface area contributed by atoms with Gasteiger partial charge in [0.15, 0.2) is 14.1 Å². The van der Waals surface area contributed by atoms with Gasteiger partial charge in [-0.2, -0.15) is 0 Å². The third kappa shape index (κ3) is 4.83. The smallest absolute Gasteiger partial charge is 0.193 e. The summed E-state index contributed by atoms with van der Waals surface area (Å²) in [6.45, 7) is 18.0. The Morgan fingerprint density at radius 2 is 2.00 bits per heavy atom. The third-order valence-corrected chi connectivity index (χ3v) is 10.2. The number of aliphatic hydroxyl groups excluding tert-OH is 1. The molecule has 1 aliphatic carbocycles. The first-order chi connectivity index (χ1) is 11.4. The molecular weight excluding hydrogens is 332 g/mol. The SMILES string of the molecule is CC1=C[C@H](O[Si](C)(C)C(C)(C)C)/C(=C/CO)[C@@H]([C@H]2COC(C)(C)O2)C1. The van der Waals surface area contributed by atoms with E-state index in [9.17, 15) is 5.11 Å². The molecule has 0 aromatic carbocycles. The van der Waals surface area contributed by atoms with Gasteiger partial charge in [0, 0.05) is 5.92 Å². The molecule has 144 valence electrons. The van der Waals surface area contributed by atoms with Gasteiger partial charge < -0.3 is 19.0 Å². The number of aliphatic hydroxyl groups is 1. The topological polar surface area (TPSA) is 47.9 Å². The van der Waals surface area contributed by atoms with E-state index in [4.69, 9.17) is 13.9 Å². The Labute approximate surface area is 154 Å². The van der Waals surface area contributed by atoms with Crippen LogP contribution in [0.5, 0.6) is 0 Å². The van der Waals surface area contributed by atoms with Crippen molar-refractivity contribution in [1.82, 2.24) is 0 Å². The Hall–Kier alpha value is -0.463. The fraction of sp³-hybridized carbons (Fsp3) is 0.800. The van der Waals surface area contributed by atoms with Crippen LogP contribution < -0.4 is 0 Å². The minimum absolute atomic E-state index is 0.00182. The molecule has 0 bridgehead atoms.